The van der Waals surface area contributed by atoms with Crippen LogP contribution in [0.25, 0.3) is 0 Å². The second-order valence-corrected chi connectivity index (χ2v) is 6.67. The molecular weight excluding hydrogens is 322 g/mol. The third-order valence-corrected chi connectivity index (χ3v) is 4.85. The third-order valence-electron chi connectivity index (χ3n) is 3.15. The molecule has 0 fully saturated rings. The van der Waals surface area contributed by atoms with Crippen LogP contribution in [0.4, 0.5) is 0 Å². The number of methoxy groups -OCH3 is 1. The van der Waals surface area contributed by atoms with E-state index in [2.05, 4.69) is 19.6 Å². The van der Waals surface area contributed by atoms with E-state index < -0.39 is 22.0 Å². The van der Waals surface area contributed by atoms with E-state index in [1.807, 2.05) is 0 Å². The number of aryl methyl sites for hydroxylation is 2. The fraction of sp³-hybridized carbons (Fsp3) is 0.357. The van der Waals surface area contributed by atoms with Gasteiger partial charge in [0, 0.05) is 6.92 Å². The van der Waals surface area contributed by atoms with Crippen LogP contribution in [0.1, 0.15) is 40.6 Å². The summed E-state index contributed by atoms with van der Waals surface area (Å²) in [6, 6.07) is 3.57. The van der Waals surface area contributed by atoms with E-state index in [1.165, 1.54) is 25.3 Å². The summed E-state index contributed by atoms with van der Waals surface area (Å²) in [5, 5.41) is 3.69. The van der Waals surface area contributed by atoms with E-state index in [0.717, 1.165) is 0 Å². The monoisotopic (exact) mass is 339 g/mol. The number of esters is 1. The molecule has 1 heterocycles. The number of ether oxygens (including phenoxy) is 1. The summed E-state index contributed by atoms with van der Waals surface area (Å²) in [5.74, 6) is 0.0696. The summed E-state index contributed by atoms with van der Waals surface area (Å²) in [4.78, 5) is 15.5. The van der Waals surface area contributed by atoms with Crippen molar-refractivity contribution in [3.63, 3.8) is 0 Å². The predicted molar refractivity (Wildman–Crippen MR) is 80.3 cm³/mol. The Morgan fingerprint density at radius 2 is 2.04 bits per heavy atom. The molecule has 1 aromatic heterocycles. The first-order chi connectivity index (χ1) is 10.7. The second-order valence-electron chi connectivity index (χ2n) is 4.99. The van der Waals surface area contributed by atoms with Crippen molar-refractivity contribution in [1.29, 1.82) is 0 Å². The fourth-order valence-electron chi connectivity index (χ4n) is 2.04. The standard InChI is InChI=1S/C14H17N3O5S/c1-8-7-11(14(18)21-4)5-6-12(8)23(19,20)17-9(2)13-15-10(3)22-16-13/h5-7,9,17H,1-4H3/t9-/m1/s1. The minimum absolute atomic E-state index is 0.0669. The highest BCUT2D eigenvalue weighted by Crippen LogP contribution is 2.20. The van der Waals surface area contributed by atoms with Crippen LogP contribution in [-0.4, -0.2) is 31.6 Å². The van der Waals surface area contributed by atoms with E-state index in [4.69, 9.17) is 4.52 Å². The summed E-state index contributed by atoms with van der Waals surface area (Å²) >= 11 is 0. The largest absolute Gasteiger partial charge is 0.465 e. The number of carbonyl (C=O) groups excluding carboxylic acids is 1. The Labute approximate surface area is 133 Å². The van der Waals surface area contributed by atoms with E-state index in [1.54, 1.807) is 20.8 Å². The number of benzene rings is 1. The normalized spacial score (nSPS) is 12.9. The first kappa shape index (κ1) is 17.1. The number of hydrogen-bond acceptors (Lipinski definition) is 7. The lowest BCUT2D eigenvalue weighted by atomic mass is 10.1. The highest BCUT2D eigenvalue weighted by Gasteiger charge is 2.23. The molecule has 0 spiro atoms. The minimum Gasteiger partial charge on any atom is -0.465 e. The summed E-state index contributed by atoms with van der Waals surface area (Å²) < 4.78 is 36.9. The highest BCUT2D eigenvalue weighted by atomic mass is 32.2. The average molecular weight is 339 g/mol. The van der Waals surface area contributed by atoms with Crippen molar-refractivity contribution in [3.8, 4) is 0 Å². The molecule has 8 nitrogen and oxygen atoms in total. The number of carbonyl (C=O) groups is 1. The van der Waals surface area contributed by atoms with Gasteiger partial charge in [-0.3, -0.25) is 0 Å². The van der Waals surface area contributed by atoms with Gasteiger partial charge in [-0.05, 0) is 37.6 Å². The molecule has 0 radical (unpaired) electrons. The van der Waals surface area contributed by atoms with Crippen molar-refractivity contribution >= 4 is 16.0 Å². The van der Waals surface area contributed by atoms with Crippen LogP contribution in [0.5, 0.6) is 0 Å². The Morgan fingerprint density at radius 1 is 1.35 bits per heavy atom. The second kappa shape index (κ2) is 6.47. The van der Waals surface area contributed by atoms with E-state index in [-0.39, 0.29) is 16.3 Å². The van der Waals surface area contributed by atoms with Gasteiger partial charge in [0.15, 0.2) is 5.82 Å². The summed E-state index contributed by atoms with van der Waals surface area (Å²) in [6.07, 6.45) is 0. The smallest absolute Gasteiger partial charge is 0.337 e. The van der Waals surface area contributed by atoms with E-state index in [9.17, 15) is 13.2 Å². The van der Waals surface area contributed by atoms with E-state index >= 15 is 0 Å². The molecule has 0 saturated heterocycles. The van der Waals surface area contributed by atoms with Gasteiger partial charge in [0.05, 0.1) is 23.6 Å². The molecule has 23 heavy (non-hydrogen) atoms. The number of rotatable bonds is 5. The molecule has 2 aromatic rings. The van der Waals surface area contributed by atoms with Crippen molar-refractivity contribution in [2.75, 3.05) is 7.11 Å². The molecule has 0 unspecified atom stereocenters. The van der Waals surface area contributed by atoms with Gasteiger partial charge in [0.1, 0.15) is 0 Å². The molecular formula is C14H17N3O5S. The van der Waals surface area contributed by atoms with Crippen LogP contribution in [-0.2, 0) is 14.8 Å². The first-order valence-electron chi connectivity index (χ1n) is 6.76. The van der Waals surface area contributed by atoms with Gasteiger partial charge >= 0.3 is 5.97 Å². The number of nitrogens with zero attached hydrogens (tertiary/aromatic N) is 2. The van der Waals surface area contributed by atoms with Crippen LogP contribution < -0.4 is 4.72 Å². The Balaban J connectivity index is 2.27. The number of hydrogen-bond donors (Lipinski definition) is 1. The van der Waals surface area contributed by atoms with Crippen LogP contribution in [0, 0.1) is 13.8 Å². The van der Waals surface area contributed by atoms with Gasteiger partial charge < -0.3 is 9.26 Å². The van der Waals surface area contributed by atoms with Gasteiger partial charge in [-0.25, -0.2) is 17.9 Å². The maximum atomic E-state index is 12.5. The molecule has 0 bridgehead atoms. The Bertz CT molecular complexity index is 829. The third kappa shape index (κ3) is 3.74. The molecule has 0 aliphatic heterocycles. The molecule has 0 aliphatic carbocycles. The van der Waals surface area contributed by atoms with Crippen LogP contribution in [0.15, 0.2) is 27.6 Å². The highest BCUT2D eigenvalue weighted by molar-refractivity contribution is 7.89. The molecule has 2 rings (SSSR count). The number of sulfonamides is 1. The fourth-order valence-corrected chi connectivity index (χ4v) is 3.46. The zero-order chi connectivity index (χ0) is 17.2. The number of aromatic nitrogens is 2. The zero-order valence-corrected chi connectivity index (χ0v) is 14.0. The summed E-state index contributed by atoms with van der Waals surface area (Å²) in [6.45, 7) is 4.83. The molecule has 0 saturated carbocycles. The molecule has 0 amide bonds. The first-order valence-corrected chi connectivity index (χ1v) is 8.24. The van der Waals surface area contributed by atoms with Crippen molar-refractivity contribution < 1.29 is 22.5 Å². The quantitative estimate of drug-likeness (QED) is 0.822. The lowest BCUT2D eigenvalue weighted by Crippen LogP contribution is -2.28. The van der Waals surface area contributed by atoms with Gasteiger partial charge in [-0.15, -0.1) is 0 Å². The molecule has 9 heteroatoms. The van der Waals surface area contributed by atoms with Gasteiger partial charge in [-0.2, -0.15) is 4.98 Å². The molecule has 0 aliphatic rings. The van der Waals surface area contributed by atoms with Gasteiger partial charge in [-0.1, -0.05) is 5.16 Å². The van der Waals surface area contributed by atoms with Gasteiger partial charge in [0.2, 0.25) is 15.9 Å². The Kier molecular flexibility index (Phi) is 4.81. The van der Waals surface area contributed by atoms with Crippen LogP contribution >= 0.6 is 0 Å². The topological polar surface area (TPSA) is 111 Å². The lowest BCUT2D eigenvalue weighted by Gasteiger charge is -2.13. The molecule has 1 aromatic carbocycles. The minimum atomic E-state index is -3.80. The van der Waals surface area contributed by atoms with Crippen molar-refractivity contribution in [1.82, 2.24) is 14.9 Å². The number of nitrogens with one attached hydrogen (secondary N) is 1. The Hall–Kier alpha value is -2.26. The van der Waals surface area contributed by atoms with E-state index in [0.29, 0.717) is 11.5 Å². The van der Waals surface area contributed by atoms with Crippen molar-refractivity contribution in [3.05, 3.63) is 41.0 Å². The average Bonchev–Trinajstić information content (AvgIpc) is 2.92. The van der Waals surface area contributed by atoms with Crippen molar-refractivity contribution in [2.45, 2.75) is 31.7 Å². The Morgan fingerprint density at radius 3 is 2.57 bits per heavy atom. The maximum absolute atomic E-state index is 12.5. The van der Waals surface area contributed by atoms with Crippen LogP contribution in [0.2, 0.25) is 0 Å². The predicted octanol–water partition coefficient (Wildman–Crippen LogP) is 1.51. The molecule has 124 valence electrons. The zero-order valence-electron chi connectivity index (χ0n) is 13.2. The SMILES string of the molecule is COC(=O)c1ccc(S(=O)(=O)N[C@H](C)c2noc(C)n2)c(C)c1. The van der Waals surface area contributed by atoms with Crippen LogP contribution in [0.3, 0.4) is 0 Å². The van der Waals surface area contributed by atoms with Gasteiger partial charge in [0.25, 0.3) is 0 Å². The summed E-state index contributed by atoms with van der Waals surface area (Å²) in [7, 11) is -2.54. The van der Waals surface area contributed by atoms with Crippen molar-refractivity contribution in [2.24, 2.45) is 0 Å². The maximum Gasteiger partial charge on any atom is 0.337 e. The summed E-state index contributed by atoms with van der Waals surface area (Å²) in [5.41, 5.74) is 0.711. The lowest BCUT2D eigenvalue weighted by molar-refractivity contribution is 0.0600. The molecule has 1 atom stereocenters. The molecule has 1 N–H and O–H groups in total.